The summed E-state index contributed by atoms with van der Waals surface area (Å²) in [4.78, 5) is 0. The van der Waals surface area contributed by atoms with Gasteiger partial charge in [0, 0.05) is 19.4 Å². The van der Waals surface area contributed by atoms with E-state index in [9.17, 15) is 13.9 Å². The van der Waals surface area contributed by atoms with Crippen LogP contribution in [0.2, 0.25) is 0 Å². The van der Waals surface area contributed by atoms with E-state index < -0.39 is 11.5 Å². The van der Waals surface area contributed by atoms with Crippen LogP contribution in [-0.4, -0.2) is 28.3 Å². The number of aliphatic hydroxyl groups excluding tert-OH is 1. The topological polar surface area (TPSA) is 40.5 Å². The Kier molecular flexibility index (Phi) is 3.24. The van der Waals surface area contributed by atoms with Crippen molar-refractivity contribution in [2.75, 3.05) is 6.61 Å². The fourth-order valence-corrected chi connectivity index (χ4v) is 1.74. The van der Waals surface area contributed by atoms with Crippen molar-refractivity contribution in [3.63, 3.8) is 0 Å². The molecule has 1 rings (SSSR count). The third-order valence-electron chi connectivity index (χ3n) is 2.71. The Morgan fingerprint density at radius 1 is 1.08 bits per heavy atom. The van der Waals surface area contributed by atoms with Crippen LogP contribution in [0.5, 0.6) is 0 Å². The molecule has 0 aromatic carbocycles. The van der Waals surface area contributed by atoms with E-state index in [0.717, 1.165) is 0 Å². The highest BCUT2D eigenvalue weighted by molar-refractivity contribution is 4.88. The van der Waals surface area contributed by atoms with Gasteiger partial charge in [-0.2, -0.15) is 0 Å². The standard InChI is InChI=1S/C9H16F2O2/c10-9(11)5-3-8(13,4-6-9)2-1-7-12/h12-13H,1-7H2. The minimum atomic E-state index is -2.59. The van der Waals surface area contributed by atoms with E-state index in [1.165, 1.54) is 0 Å². The molecule has 13 heavy (non-hydrogen) atoms. The first kappa shape index (κ1) is 10.9. The maximum absolute atomic E-state index is 12.7. The maximum Gasteiger partial charge on any atom is 0.248 e. The summed E-state index contributed by atoms with van der Waals surface area (Å²) in [7, 11) is 0. The average molecular weight is 194 g/mol. The van der Waals surface area contributed by atoms with Gasteiger partial charge in [0.1, 0.15) is 0 Å². The van der Waals surface area contributed by atoms with Crippen molar-refractivity contribution in [2.24, 2.45) is 0 Å². The van der Waals surface area contributed by atoms with Gasteiger partial charge in [-0.25, -0.2) is 8.78 Å². The van der Waals surface area contributed by atoms with Crippen molar-refractivity contribution in [1.82, 2.24) is 0 Å². The lowest BCUT2D eigenvalue weighted by Gasteiger charge is -2.35. The normalized spacial score (nSPS) is 25.8. The molecule has 0 radical (unpaired) electrons. The second-order valence-corrected chi connectivity index (χ2v) is 3.91. The van der Waals surface area contributed by atoms with Crippen molar-refractivity contribution in [1.29, 1.82) is 0 Å². The lowest BCUT2D eigenvalue weighted by Crippen LogP contribution is -2.38. The fraction of sp³-hybridized carbons (Fsp3) is 1.00. The van der Waals surface area contributed by atoms with Gasteiger partial charge in [0.15, 0.2) is 0 Å². The SMILES string of the molecule is OCCCC1(O)CCC(F)(F)CC1. The van der Waals surface area contributed by atoms with Gasteiger partial charge in [-0.3, -0.25) is 0 Å². The predicted octanol–water partition coefficient (Wildman–Crippen LogP) is 1.70. The molecule has 4 heteroatoms. The van der Waals surface area contributed by atoms with Crippen LogP contribution in [0.25, 0.3) is 0 Å². The van der Waals surface area contributed by atoms with Gasteiger partial charge in [-0.1, -0.05) is 0 Å². The Labute approximate surface area is 76.6 Å². The fourth-order valence-electron chi connectivity index (χ4n) is 1.74. The molecule has 0 aromatic heterocycles. The smallest absolute Gasteiger partial charge is 0.248 e. The van der Waals surface area contributed by atoms with E-state index in [1.54, 1.807) is 0 Å². The molecule has 1 saturated carbocycles. The zero-order valence-corrected chi connectivity index (χ0v) is 7.60. The summed E-state index contributed by atoms with van der Waals surface area (Å²) in [6, 6.07) is 0. The lowest BCUT2D eigenvalue weighted by atomic mass is 9.80. The molecule has 0 aromatic rings. The molecule has 2 N–H and O–H groups in total. The van der Waals surface area contributed by atoms with Crippen LogP contribution in [0.1, 0.15) is 38.5 Å². The highest BCUT2D eigenvalue weighted by atomic mass is 19.3. The van der Waals surface area contributed by atoms with Crippen LogP contribution < -0.4 is 0 Å². The Morgan fingerprint density at radius 2 is 1.62 bits per heavy atom. The Hall–Kier alpha value is -0.220. The van der Waals surface area contributed by atoms with Gasteiger partial charge in [-0.15, -0.1) is 0 Å². The largest absolute Gasteiger partial charge is 0.396 e. The van der Waals surface area contributed by atoms with Crippen molar-refractivity contribution < 1.29 is 19.0 Å². The highest BCUT2D eigenvalue weighted by Crippen LogP contribution is 2.40. The summed E-state index contributed by atoms with van der Waals surface area (Å²) in [5, 5.41) is 18.3. The molecule has 0 amide bonds. The monoisotopic (exact) mass is 194 g/mol. The Morgan fingerprint density at radius 3 is 2.08 bits per heavy atom. The molecular weight excluding hydrogens is 178 g/mol. The molecule has 1 aliphatic carbocycles. The van der Waals surface area contributed by atoms with E-state index in [2.05, 4.69) is 0 Å². The number of rotatable bonds is 3. The number of alkyl halides is 2. The first-order chi connectivity index (χ1) is 5.97. The third kappa shape index (κ3) is 3.19. The van der Waals surface area contributed by atoms with Crippen LogP contribution in [0.4, 0.5) is 8.78 Å². The number of aliphatic hydroxyl groups is 2. The van der Waals surface area contributed by atoms with Gasteiger partial charge >= 0.3 is 0 Å². The van der Waals surface area contributed by atoms with Gasteiger partial charge in [-0.05, 0) is 25.7 Å². The summed E-state index contributed by atoms with van der Waals surface area (Å²) < 4.78 is 25.4. The quantitative estimate of drug-likeness (QED) is 0.717. The van der Waals surface area contributed by atoms with Gasteiger partial charge < -0.3 is 10.2 Å². The summed E-state index contributed by atoms with van der Waals surface area (Å²) in [5.41, 5.74) is -0.954. The van der Waals surface area contributed by atoms with E-state index in [4.69, 9.17) is 5.11 Å². The molecule has 0 heterocycles. The van der Waals surface area contributed by atoms with Crippen molar-refractivity contribution in [3.8, 4) is 0 Å². The van der Waals surface area contributed by atoms with Crippen LogP contribution in [0.15, 0.2) is 0 Å². The average Bonchev–Trinajstić information content (AvgIpc) is 2.08. The van der Waals surface area contributed by atoms with E-state index in [1.807, 2.05) is 0 Å². The van der Waals surface area contributed by atoms with Crippen molar-refractivity contribution in [3.05, 3.63) is 0 Å². The van der Waals surface area contributed by atoms with Crippen molar-refractivity contribution >= 4 is 0 Å². The van der Waals surface area contributed by atoms with Crippen LogP contribution >= 0.6 is 0 Å². The third-order valence-corrected chi connectivity index (χ3v) is 2.71. The summed E-state index contributed by atoms with van der Waals surface area (Å²) in [5.74, 6) is -2.59. The zero-order chi connectivity index (χ0) is 9.95. The molecule has 0 spiro atoms. The number of halogens is 2. The first-order valence-electron chi connectivity index (χ1n) is 4.69. The summed E-state index contributed by atoms with van der Waals surface area (Å²) in [6.07, 6.45) is 0.769. The van der Waals surface area contributed by atoms with E-state index in [0.29, 0.717) is 12.8 Å². The number of hydrogen-bond acceptors (Lipinski definition) is 2. The number of hydrogen-bond donors (Lipinski definition) is 2. The molecule has 1 aliphatic rings. The molecule has 0 saturated heterocycles. The molecule has 0 aliphatic heterocycles. The van der Waals surface area contributed by atoms with Gasteiger partial charge in [0.2, 0.25) is 5.92 Å². The minimum absolute atomic E-state index is 0.0126. The van der Waals surface area contributed by atoms with E-state index >= 15 is 0 Å². The Balaban J connectivity index is 2.37. The Bertz CT molecular complexity index is 161. The predicted molar refractivity (Wildman–Crippen MR) is 44.7 cm³/mol. The summed E-state index contributed by atoms with van der Waals surface area (Å²) in [6.45, 7) is 0.0126. The first-order valence-corrected chi connectivity index (χ1v) is 4.69. The van der Waals surface area contributed by atoms with Gasteiger partial charge in [0.05, 0.1) is 5.60 Å². The molecular formula is C9H16F2O2. The minimum Gasteiger partial charge on any atom is -0.396 e. The lowest BCUT2D eigenvalue weighted by molar-refractivity contribution is -0.107. The molecule has 2 nitrogen and oxygen atoms in total. The molecule has 78 valence electrons. The second-order valence-electron chi connectivity index (χ2n) is 3.91. The van der Waals surface area contributed by atoms with Crippen LogP contribution in [0.3, 0.4) is 0 Å². The second kappa shape index (κ2) is 3.88. The molecule has 1 fully saturated rings. The van der Waals surface area contributed by atoms with Crippen LogP contribution in [-0.2, 0) is 0 Å². The highest BCUT2D eigenvalue weighted by Gasteiger charge is 2.41. The zero-order valence-electron chi connectivity index (χ0n) is 7.60. The molecule has 0 atom stereocenters. The maximum atomic E-state index is 12.7. The summed E-state index contributed by atoms with van der Waals surface area (Å²) >= 11 is 0. The van der Waals surface area contributed by atoms with E-state index in [-0.39, 0.29) is 32.3 Å². The van der Waals surface area contributed by atoms with Crippen molar-refractivity contribution in [2.45, 2.75) is 50.0 Å². The molecule has 0 bridgehead atoms. The molecule has 0 unspecified atom stereocenters. The van der Waals surface area contributed by atoms with Gasteiger partial charge in [0.25, 0.3) is 0 Å². The van der Waals surface area contributed by atoms with Crippen LogP contribution in [0, 0.1) is 0 Å².